The van der Waals surface area contributed by atoms with Crippen LogP contribution in [-0.2, 0) is 6.54 Å². The number of rotatable bonds is 5. The molecule has 2 aromatic rings. The predicted molar refractivity (Wildman–Crippen MR) is 80.3 cm³/mol. The molecule has 1 fully saturated rings. The monoisotopic (exact) mass is 307 g/mol. The van der Waals surface area contributed by atoms with Crippen LogP contribution < -0.4 is 10.9 Å². The first-order valence-electron chi connectivity index (χ1n) is 6.46. The molecule has 0 radical (unpaired) electrons. The summed E-state index contributed by atoms with van der Waals surface area (Å²) in [6, 6.07) is 7.97. The van der Waals surface area contributed by atoms with Gasteiger partial charge in [-0.05, 0) is 30.5 Å². The summed E-state index contributed by atoms with van der Waals surface area (Å²) in [6.07, 6.45) is 4.02. The van der Waals surface area contributed by atoms with Crippen molar-refractivity contribution in [1.82, 2.24) is 15.3 Å². The lowest BCUT2D eigenvalue weighted by Gasteiger charge is -2.07. The highest BCUT2D eigenvalue weighted by atomic mass is 35.5. The van der Waals surface area contributed by atoms with E-state index in [9.17, 15) is 4.79 Å². The number of aromatic amines is 1. The van der Waals surface area contributed by atoms with Gasteiger partial charge in [0.05, 0.1) is 0 Å². The molecule has 4 nitrogen and oxygen atoms in total. The number of nitrogens with zero attached hydrogens (tertiary/aromatic N) is 1. The van der Waals surface area contributed by atoms with Gasteiger partial charge in [0.25, 0.3) is 5.56 Å². The van der Waals surface area contributed by atoms with Crippen LogP contribution in [0.1, 0.15) is 18.4 Å². The Morgan fingerprint density at radius 2 is 2.25 bits per heavy atom. The number of halogens is 1. The van der Waals surface area contributed by atoms with Crippen molar-refractivity contribution < 1.29 is 0 Å². The van der Waals surface area contributed by atoms with Gasteiger partial charge in [-0.1, -0.05) is 29.4 Å². The molecule has 6 heteroatoms. The summed E-state index contributed by atoms with van der Waals surface area (Å²) < 4.78 is 0. The molecular weight excluding hydrogens is 294 g/mol. The van der Waals surface area contributed by atoms with Crippen LogP contribution in [0.5, 0.6) is 0 Å². The third-order valence-electron chi connectivity index (χ3n) is 3.05. The smallest absolute Gasteiger partial charge is 0.251 e. The Kier molecular flexibility index (Phi) is 4.10. The molecule has 0 saturated heterocycles. The minimum Gasteiger partial charge on any atom is -0.310 e. The van der Waals surface area contributed by atoms with Gasteiger partial charge in [-0.15, -0.1) is 0 Å². The average molecular weight is 308 g/mol. The normalized spacial score (nSPS) is 14.4. The van der Waals surface area contributed by atoms with E-state index >= 15 is 0 Å². The van der Waals surface area contributed by atoms with Crippen molar-refractivity contribution in [2.75, 3.05) is 0 Å². The lowest BCUT2D eigenvalue weighted by molar-refractivity contribution is 0.687. The first kappa shape index (κ1) is 13.7. The zero-order valence-corrected chi connectivity index (χ0v) is 12.3. The Hall–Kier alpha value is -1.30. The van der Waals surface area contributed by atoms with E-state index in [1.54, 1.807) is 0 Å². The van der Waals surface area contributed by atoms with E-state index in [0.717, 1.165) is 22.0 Å². The fraction of sp³-hybridized carbons (Fsp3) is 0.286. The van der Waals surface area contributed by atoms with Gasteiger partial charge in [0.15, 0.2) is 5.16 Å². The quantitative estimate of drug-likeness (QED) is 0.834. The molecule has 1 aliphatic carbocycles. The Morgan fingerprint density at radius 1 is 1.40 bits per heavy atom. The maximum atomic E-state index is 11.2. The Balaban J connectivity index is 1.70. The molecule has 1 saturated carbocycles. The van der Waals surface area contributed by atoms with Crippen molar-refractivity contribution in [3.8, 4) is 0 Å². The summed E-state index contributed by atoms with van der Waals surface area (Å²) in [4.78, 5) is 19.0. The zero-order chi connectivity index (χ0) is 13.9. The van der Waals surface area contributed by atoms with Gasteiger partial charge in [0, 0.05) is 34.8 Å². The first-order chi connectivity index (χ1) is 9.70. The molecule has 0 unspecified atom stereocenters. The summed E-state index contributed by atoms with van der Waals surface area (Å²) in [5.74, 6) is 0. The molecule has 0 atom stereocenters. The summed E-state index contributed by atoms with van der Waals surface area (Å²) in [5.41, 5.74) is 0.941. The van der Waals surface area contributed by atoms with Crippen molar-refractivity contribution in [3.05, 3.63) is 51.4 Å². The van der Waals surface area contributed by atoms with Gasteiger partial charge < -0.3 is 10.3 Å². The van der Waals surface area contributed by atoms with E-state index in [2.05, 4.69) is 15.3 Å². The van der Waals surface area contributed by atoms with E-state index in [0.29, 0.717) is 11.2 Å². The highest BCUT2D eigenvalue weighted by Gasteiger charge is 2.20. The fourth-order valence-corrected chi connectivity index (χ4v) is 2.91. The summed E-state index contributed by atoms with van der Waals surface area (Å²) >= 11 is 7.67. The molecule has 20 heavy (non-hydrogen) atoms. The van der Waals surface area contributed by atoms with E-state index in [1.807, 2.05) is 18.2 Å². The van der Waals surface area contributed by atoms with Crippen molar-refractivity contribution in [3.63, 3.8) is 0 Å². The Morgan fingerprint density at radius 3 is 2.95 bits per heavy atom. The molecule has 1 heterocycles. The van der Waals surface area contributed by atoms with Crippen LogP contribution in [0.2, 0.25) is 5.02 Å². The third kappa shape index (κ3) is 3.62. The zero-order valence-electron chi connectivity index (χ0n) is 10.7. The van der Waals surface area contributed by atoms with Crippen molar-refractivity contribution in [1.29, 1.82) is 0 Å². The fourth-order valence-electron chi connectivity index (χ4n) is 1.79. The molecule has 2 N–H and O–H groups in total. The molecule has 0 bridgehead atoms. The summed E-state index contributed by atoms with van der Waals surface area (Å²) in [6.45, 7) is 0.800. The maximum absolute atomic E-state index is 11.2. The van der Waals surface area contributed by atoms with Crippen molar-refractivity contribution in [2.24, 2.45) is 0 Å². The molecule has 3 rings (SSSR count). The van der Waals surface area contributed by atoms with Crippen LogP contribution >= 0.6 is 23.4 Å². The maximum Gasteiger partial charge on any atom is 0.251 e. The van der Waals surface area contributed by atoms with E-state index in [1.165, 1.54) is 36.9 Å². The topological polar surface area (TPSA) is 57.8 Å². The van der Waals surface area contributed by atoms with Crippen LogP contribution in [0.3, 0.4) is 0 Å². The van der Waals surface area contributed by atoms with E-state index in [-0.39, 0.29) is 5.56 Å². The highest BCUT2D eigenvalue weighted by Crippen LogP contribution is 2.29. The lowest BCUT2D eigenvalue weighted by Crippen LogP contribution is -2.15. The van der Waals surface area contributed by atoms with E-state index in [4.69, 9.17) is 11.6 Å². The third-order valence-corrected chi connectivity index (χ3v) is 4.29. The van der Waals surface area contributed by atoms with Crippen molar-refractivity contribution in [2.45, 2.75) is 35.5 Å². The number of hydrogen-bond acceptors (Lipinski definition) is 4. The van der Waals surface area contributed by atoms with Crippen LogP contribution in [0.25, 0.3) is 0 Å². The van der Waals surface area contributed by atoms with Crippen LogP contribution in [-0.4, -0.2) is 16.0 Å². The van der Waals surface area contributed by atoms with Crippen LogP contribution in [0, 0.1) is 0 Å². The molecule has 0 amide bonds. The second-order valence-electron chi connectivity index (χ2n) is 4.75. The number of hydrogen-bond donors (Lipinski definition) is 2. The number of H-pyrrole nitrogens is 1. The largest absolute Gasteiger partial charge is 0.310 e. The molecule has 0 spiro atoms. The second-order valence-corrected chi connectivity index (χ2v) is 6.22. The number of aromatic nitrogens is 2. The van der Waals surface area contributed by atoms with Crippen molar-refractivity contribution >= 4 is 23.4 Å². The van der Waals surface area contributed by atoms with Gasteiger partial charge >= 0.3 is 0 Å². The predicted octanol–water partition coefficient (Wildman–Crippen LogP) is 2.83. The molecule has 0 aliphatic heterocycles. The summed E-state index contributed by atoms with van der Waals surface area (Å²) in [5, 5.41) is 4.74. The standard InChI is InChI=1S/C14H14ClN3OS/c15-12-7-11(20-14-16-6-5-13(19)18-14)4-1-9(12)8-17-10-2-3-10/h1,4-7,10,17H,2-3,8H2,(H,16,18,19). The van der Waals surface area contributed by atoms with Crippen LogP contribution in [0.4, 0.5) is 0 Å². The van der Waals surface area contributed by atoms with Gasteiger partial charge in [0.2, 0.25) is 0 Å². The van der Waals surface area contributed by atoms with Gasteiger partial charge in [-0.3, -0.25) is 4.79 Å². The van der Waals surface area contributed by atoms with Gasteiger partial charge in [0.1, 0.15) is 0 Å². The second kappa shape index (κ2) is 5.99. The SMILES string of the molecule is O=c1ccnc(Sc2ccc(CNC3CC3)c(Cl)c2)[nH]1. The lowest BCUT2D eigenvalue weighted by atomic mass is 10.2. The summed E-state index contributed by atoms with van der Waals surface area (Å²) in [7, 11) is 0. The Bertz CT molecular complexity index is 669. The molecule has 1 aromatic carbocycles. The first-order valence-corrected chi connectivity index (χ1v) is 7.65. The van der Waals surface area contributed by atoms with Gasteiger partial charge in [-0.25, -0.2) is 4.98 Å². The molecule has 1 aliphatic rings. The van der Waals surface area contributed by atoms with E-state index < -0.39 is 0 Å². The van der Waals surface area contributed by atoms with Gasteiger partial charge in [-0.2, -0.15) is 0 Å². The number of benzene rings is 1. The molecular formula is C14H14ClN3OS. The molecule has 1 aromatic heterocycles. The minimum absolute atomic E-state index is 0.154. The Labute approximate surface area is 126 Å². The average Bonchev–Trinajstić information content (AvgIpc) is 3.22. The highest BCUT2D eigenvalue weighted by molar-refractivity contribution is 7.99. The minimum atomic E-state index is -0.154. The molecule has 104 valence electrons. The van der Waals surface area contributed by atoms with Crippen LogP contribution in [0.15, 0.2) is 45.3 Å². The number of nitrogens with one attached hydrogen (secondary N) is 2.